The summed E-state index contributed by atoms with van der Waals surface area (Å²) in [5.41, 5.74) is 0.472. The summed E-state index contributed by atoms with van der Waals surface area (Å²) in [4.78, 5) is 0. The fourth-order valence-electron chi connectivity index (χ4n) is 2.29. The molecule has 1 aliphatic rings. The summed E-state index contributed by atoms with van der Waals surface area (Å²) < 4.78 is 10.7. The van der Waals surface area contributed by atoms with Crippen molar-refractivity contribution < 1.29 is 14.6 Å². The van der Waals surface area contributed by atoms with Crippen molar-refractivity contribution in [3.05, 3.63) is 0 Å². The Morgan fingerprint density at radius 1 is 1.33 bits per heavy atom. The van der Waals surface area contributed by atoms with E-state index in [-0.39, 0.29) is 0 Å². The molecule has 0 saturated heterocycles. The Kier molecular flexibility index (Phi) is 7.15. The molecule has 0 radical (unpaired) electrons. The first kappa shape index (κ1) is 15.9. The van der Waals surface area contributed by atoms with Crippen LogP contribution >= 0.6 is 0 Å². The highest BCUT2D eigenvalue weighted by Gasteiger charge is 2.27. The van der Waals surface area contributed by atoms with Crippen LogP contribution in [0.25, 0.3) is 0 Å². The number of aliphatic hydroxyl groups is 1. The lowest BCUT2D eigenvalue weighted by Gasteiger charge is -2.34. The molecule has 4 nitrogen and oxygen atoms in total. The Morgan fingerprint density at radius 2 is 2.00 bits per heavy atom. The van der Waals surface area contributed by atoms with Crippen LogP contribution in [-0.2, 0) is 9.47 Å². The van der Waals surface area contributed by atoms with E-state index < -0.39 is 6.10 Å². The minimum Gasteiger partial charge on any atom is -0.389 e. The van der Waals surface area contributed by atoms with Crippen LogP contribution in [-0.4, -0.2) is 50.7 Å². The molecule has 2 N–H and O–H groups in total. The van der Waals surface area contributed by atoms with E-state index in [1.807, 2.05) is 0 Å². The lowest BCUT2D eigenvalue weighted by Crippen LogP contribution is -2.35. The van der Waals surface area contributed by atoms with Crippen molar-refractivity contribution in [2.24, 2.45) is 5.41 Å². The van der Waals surface area contributed by atoms with E-state index >= 15 is 0 Å². The molecule has 0 spiro atoms. The molecule has 0 heterocycles. The average molecular weight is 259 g/mol. The summed E-state index contributed by atoms with van der Waals surface area (Å²) in [5.74, 6) is 0. The summed E-state index contributed by atoms with van der Waals surface area (Å²) in [7, 11) is 1.67. The van der Waals surface area contributed by atoms with Crippen molar-refractivity contribution in [1.82, 2.24) is 5.32 Å². The SMILES string of the molecule is COCCNCC(O)COC1CCC(C)(C)CC1. The maximum absolute atomic E-state index is 9.75. The van der Waals surface area contributed by atoms with E-state index in [2.05, 4.69) is 19.2 Å². The first-order valence-electron chi connectivity index (χ1n) is 7.03. The van der Waals surface area contributed by atoms with E-state index in [1.165, 1.54) is 12.8 Å². The zero-order valence-corrected chi connectivity index (χ0v) is 12.1. The second-order valence-electron chi connectivity index (χ2n) is 6.05. The van der Waals surface area contributed by atoms with Crippen LogP contribution in [0, 0.1) is 5.41 Å². The maximum atomic E-state index is 9.75. The van der Waals surface area contributed by atoms with Gasteiger partial charge in [0.2, 0.25) is 0 Å². The summed E-state index contributed by atoms with van der Waals surface area (Å²) >= 11 is 0. The lowest BCUT2D eigenvalue weighted by atomic mass is 9.76. The highest BCUT2D eigenvalue weighted by Crippen LogP contribution is 2.36. The van der Waals surface area contributed by atoms with Crippen LogP contribution in [0.5, 0.6) is 0 Å². The zero-order chi connectivity index (χ0) is 13.4. The van der Waals surface area contributed by atoms with Crippen LogP contribution < -0.4 is 5.32 Å². The van der Waals surface area contributed by atoms with Crippen molar-refractivity contribution in [2.45, 2.75) is 51.7 Å². The predicted octanol–water partition coefficient (Wildman–Crippen LogP) is 1.57. The summed E-state index contributed by atoms with van der Waals surface area (Å²) in [6.07, 6.45) is 4.61. The second-order valence-corrected chi connectivity index (χ2v) is 6.05. The van der Waals surface area contributed by atoms with Gasteiger partial charge in [0.15, 0.2) is 0 Å². The molecule has 0 aromatic carbocycles. The summed E-state index contributed by atoms with van der Waals surface area (Å²) in [5, 5.41) is 12.9. The molecule has 4 heteroatoms. The Balaban J connectivity index is 2.03. The molecule has 1 unspecified atom stereocenters. The van der Waals surface area contributed by atoms with Gasteiger partial charge in [0.25, 0.3) is 0 Å². The average Bonchev–Trinajstić information content (AvgIpc) is 2.33. The van der Waals surface area contributed by atoms with Crippen LogP contribution in [0.3, 0.4) is 0 Å². The standard InChI is InChI=1S/C14H29NO3/c1-14(2)6-4-13(5-7-14)18-11-12(16)10-15-8-9-17-3/h12-13,15-16H,4-11H2,1-3H3. The normalized spacial score (nSPS) is 22.0. The highest BCUT2D eigenvalue weighted by atomic mass is 16.5. The van der Waals surface area contributed by atoms with Crippen LogP contribution in [0.2, 0.25) is 0 Å². The van der Waals surface area contributed by atoms with Gasteiger partial charge in [-0.3, -0.25) is 0 Å². The number of hydrogen-bond donors (Lipinski definition) is 2. The van der Waals surface area contributed by atoms with Crippen LogP contribution in [0.1, 0.15) is 39.5 Å². The largest absolute Gasteiger partial charge is 0.389 e. The number of ether oxygens (including phenoxy) is 2. The smallest absolute Gasteiger partial charge is 0.0897 e. The third-order valence-electron chi connectivity index (χ3n) is 3.67. The maximum Gasteiger partial charge on any atom is 0.0897 e. The molecule has 1 saturated carbocycles. The second kappa shape index (κ2) is 8.10. The van der Waals surface area contributed by atoms with E-state index in [1.54, 1.807) is 7.11 Å². The molecular weight excluding hydrogens is 230 g/mol. The van der Waals surface area contributed by atoms with Crippen LogP contribution in [0.4, 0.5) is 0 Å². The fraction of sp³-hybridized carbons (Fsp3) is 1.00. The van der Waals surface area contributed by atoms with Gasteiger partial charge in [0.05, 0.1) is 25.4 Å². The Labute approximate surface area is 111 Å². The minimum atomic E-state index is -0.420. The molecule has 1 atom stereocenters. The summed E-state index contributed by atoms with van der Waals surface area (Å²) in [6.45, 7) is 7.08. The van der Waals surface area contributed by atoms with Gasteiger partial charge >= 0.3 is 0 Å². The topological polar surface area (TPSA) is 50.7 Å². The van der Waals surface area contributed by atoms with Gasteiger partial charge in [-0.1, -0.05) is 13.8 Å². The molecule has 18 heavy (non-hydrogen) atoms. The van der Waals surface area contributed by atoms with Gasteiger partial charge in [-0.25, -0.2) is 0 Å². The minimum absolute atomic E-state index is 0.339. The molecule has 0 aliphatic heterocycles. The summed E-state index contributed by atoms with van der Waals surface area (Å²) in [6, 6.07) is 0. The predicted molar refractivity (Wildman–Crippen MR) is 72.7 cm³/mol. The van der Waals surface area contributed by atoms with Crippen molar-refractivity contribution in [3.8, 4) is 0 Å². The van der Waals surface area contributed by atoms with Crippen molar-refractivity contribution in [1.29, 1.82) is 0 Å². The van der Waals surface area contributed by atoms with Gasteiger partial charge in [-0.15, -0.1) is 0 Å². The monoisotopic (exact) mass is 259 g/mol. The van der Waals surface area contributed by atoms with E-state index in [0.717, 1.165) is 19.4 Å². The fourth-order valence-corrected chi connectivity index (χ4v) is 2.29. The third kappa shape index (κ3) is 6.69. The molecule has 0 bridgehead atoms. The number of hydrogen-bond acceptors (Lipinski definition) is 4. The van der Waals surface area contributed by atoms with E-state index in [0.29, 0.717) is 31.3 Å². The molecule has 1 aliphatic carbocycles. The third-order valence-corrected chi connectivity index (χ3v) is 3.67. The first-order valence-corrected chi connectivity index (χ1v) is 7.03. The molecule has 1 rings (SSSR count). The Hall–Kier alpha value is -0.160. The van der Waals surface area contributed by atoms with Crippen LogP contribution in [0.15, 0.2) is 0 Å². The molecular formula is C14H29NO3. The highest BCUT2D eigenvalue weighted by molar-refractivity contribution is 4.79. The van der Waals surface area contributed by atoms with Gasteiger partial charge in [-0.05, 0) is 31.1 Å². The first-order chi connectivity index (χ1) is 8.53. The molecule has 0 aromatic heterocycles. The van der Waals surface area contributed by atoms with Gasteiger partial charge in [0.1, 0.15) is 0 Å². The van der Waals surface area contributed by atoms with Crippen molar-refractivity contribution in [3.63, 3.8) is 0 Å². The van der Waals surface area contributed by atoms with E-state index in [4.69, 9.17) is 9.47 Å². The zero-order valence-electron chi connectivity index (χ0n) is 12.1. The van der Waals surface area contributed by atoms with Gasteiger partial charge < -0.3 is 19.9 Å². The number of methoxy groups -OCH3 is 1. The number of nitrogens with one attached hydrogen (secondary N) is 1. The molecule has 0 aromatic rings. The number of aliphatic hydroxyl groups excluding tert-OH is 1. The Morgan fingerprint density at radius 3 is 2.61 bits per heavy atom. The van der Waals surface area contributed by atoms with Gasteiger partial charge in [0, 0.05) is 20.2 Å². The Bertz CT molecular complexity index is 211. The van der Waals surface area contributed by atoms with Crippen molar-refractivity contribution >= 4 is 0 Å². The molecule has 1 fully saturated rings. The quantitative estimate of drug-likeness (QED) is 0.650. The van der Waals surface area contributed by atoms with Crippen molar-refractivity contribution in [2.75, 3.05) is 33.4 Å². The van der Waals surface area contributed by atoms with Gasteiger partial charge in [-0.2, -0.15) is 0 Å². The molecule has 0 amide bonds. The molecule has 108 valence electrons. The number of rotatable bonds is 8. The lowest BCUT2D eigenvalue weighted by molar-refractivity contribution is -0.0366. The van der Waals surface area contributed by atoms with E-state index in [9.17, 15) is 5.11 Å².